The minimum absolute atomic E-state index is 0.0161. The van der Waals surface area contributed by atoms with Crippen molar-refractivity contribution in [3.8, 4) is 0 Å². The number of hydrogen-bond donors (Lipinski definition) is 16. The number of guanidine groups is 5. The molecular weight excluding hydrogens is 811 g/mol. The molecule has 0 spiro atoms. The lowest BCUT2D eigenvalue weighted by atomic mass is 10.0. The predicted molar refractivity (Wildman–Crippen MR) is 238 cm³/mol. The number of nitrogens with two attached hydrogens (primary N) is 10. The smallest absolute Gasteiger partial charge is 0.243 e. The maximum Gasteiger partial charge on any atom is 0.243 e. The van der Waals surface area contributed by atoms with Crippen molar-refractivity contribution in [1.29, 1.82) is 0 Å². The first-order chi connectivity index (χ1) is 29.3. The van der Waals surface area contributed by atoms with Gasteiger partial charge in [-0.1, -0.05) is 6.92 Å². The summed E-state index contributed by atoms with van der Waals surface area (Å²) in [4.78, 5) is 100. The number of rotatable bonds is 33. The van der Waals surface area contributed by atoms with Crippen LogP contribution >= 0.6 is 0 Å². The van der Waals surface area contributed by atoms with E-state index in [0.29, 0.717) is 12.8 Å². The van der Waals surface area contributed by atoms with E-state index in [9.17, 15) is 28.8 Å². The summed E-state index contributed by atoms with van der Waals surface area (Å²) in [5.41, 5.74) is 54.5. The third-order valence-corrected chi connectivity index (χ3v) is 8.78. The topological polar surface area (TPSA) is 497 Å². The molecule has 26 N–H and O–H groups in total. The van der Waals surface area contributed by atoms with Crippen molar-refractivity contribution < 1.29 is 28.8 Å². The number of nitrogens with one attached hydrogen (secondary N) is 6. The Hall–Kier alpha value is -6.67. The van der Waals surface area contributed by atoms with Gasteiger partial charge in [-0.15, -0.1) is 0 Å². The molecule has 0 aromatic rings. The van der Waals surface area contributed by atoms with Gasteiger partial charge in [-0.25, -0.2) is 0 Å². The van der Waals surface area contributed by atoms with Crippen LogP contribution in [0.25, 0.3) is 0 Å². The largest absolute Gasteiger partial charge is 0.370 e. The standard InChI is InChI=1S/C35H71N21O6/c1-3-20(57)19-52-26(58)22(10-5-15-48-32(38)39)53-28(60)24(12-7-17-50-34(42)43)55-30(62)25(13-8-18-51-35(44)45)56-29(61)23(11-6-16-49-33(40)41)54-27(59)21(46-2)9-4-14-47-31(36)37/h21-25,46H,3-19H2,1-2H3,(H,52,58)(H,53,60)(H,54,59)(H,55,62)(H,56,61)(H4,36,37,47)(H4,38,39,48)(H4,40,41,49)(H4,42,43,50)(H4,44,45,51)/t21-,22-,23-,24-,25-/m0/s1. The number of carbonyl (C=O) groups excluding carboxylic acids is 6. The van der Waals surface area contributed by atoms with Crippen LogP contribution in [0.3, 0.4) is 0 Å². The molecule has 62 heavy (non-hydrogen) atoms. The van der Waals surface area contributed by atoms with Crippen LogP contribution in [-0.4, -0.2) is 142 Å². The Morgan fingerprint density at radius 2 is 0.645 bits per heavy atom. The number of nitrogens with zero attached hydrogens (tertiary/aromatic N) is 5. The van der Waals surface area contributed by atoms with E-state index in [1.807, 2.05) is 0 Å². The zero-order chi connectivity index (χ0) is 47.0. The Labute approximate surface area is 361 Å². The molecule has 0 aliphatic heterocycles. The van der Waals surface area contributed by atoms with Crippen molar-refractivity contribution in [2.45, 2.75) is 108 Å². The summed E-state index contributed by atoms with van der Waals surface area (Å²) >= 11 is 0. The molecule has 27 heteroatoms. The van der Waals surface area contributed by atoms with Gasteiger partial charge in [-0.05, 0) is 71.3 Å². The molecular formula is C35H71N21O6. The van der Waals surface area contributed by atoms with E-state index >= 15 is 0 Å². The van der Waals surface area contributed by atoms with Gasteiger partial charge in [-0.2, -0.15) is 0 Å². The average molecular weight is 882 g/mol. The van der Waals surface area contributed by atoms with Crippen molar-refractivity contribution in [2.75, 3.05) is 46.3 Å². The maximum atomic E-state index is 14.1. The van der Waals surface area contributed by atoms with Gasteiger partial charge < -0.3 is 89.2 Å². The maximum absolute atomic E-state index is 14.1. The van der Waals surface area contributed by atoms with E-state index < -0.39 is 59.7 Å². The molecule has 0 heterocycles. The van der Waals surface area contributed by atoms with Gasteiger partial charge in [0, 0.05) is 39.1 Å². The first kappa shape index (κ1) is 55.3. The molecule has 0 saturated carbocycles. The van der Waals surface area contributed by atoms with Crippen LogP contribution in [0, 0.1) is 0 Å². The molecule has 5 amide bonds. The number of Topliss-reactive ketones (excluding diaryl/α,β-unsaturated/α-hetero) is 1. The van der Waals surface area contributed by atoms with Gasteiger partial charge in [0.15, 0.2) is 35.6 Å². The van der Waals surface area contributed by atoms with Crippen LogP contribution in [0.2, 0.25) is 0 Å². The third-order valence-electron chi connectivity index (χ3n) is 8.78. The summed E-state index contributed by atoms with van der Waals surface area (Å²) in [6.45, 7) is 2.10. The summed E-state index contributed by atoms with van der Waals surface area (Å²) in [6, 6.07) is -5.65. The van der Waals surface area contributed by atoms with E-state index in [-0.39, 0.29) is 133 Å². The predicted octanol–water partition coefficient (Wildman–Crippen LogP) is -7.12. The normalized spacial score (nSPS) is 12.9. The molecule has 5 atom stereocenters. The highest BCUT2D eigenvalue weighted by Gasteiger charge is 2.32. The second-order valence-corrected chi connectivity index (χ2v) is 13.9. The summed E-state index contributed by atoms with van der Waals surface area (Å²) in [6.07, 6.45) is 1.96. The lowest BCUT2D eigenvalue weighted by Gasteiger charge is -2.27. The molecule has 0 aliphatic rings. The number of aliphatic imine (C=N–C) groups is 5. The van der Waals surface area contributed by atoms with Gasteiger partial charge in [0.05, 0.1) is 12.6 Å². The van der Waals surface area contributed by atoms with Crippen molar-refractivity contribution in [3.05, 3.63) is 0 Å². The monoisotopic (exact) mass is 882 g/mol. The highest BCUT2D eigenvalue weighted by molar-refractivity contribution is 5.96. The fraction of sp³-hybridized carbons (Fsp3) is 0.686. The SMILES string of the molecule is CCC(=O)CNC(=O)[C@H](CCCN=C(N)N)NC(=O)[C@H](CCCN=C(N)N)NC(=O)[C@H](CCCN=C(N)N)NC(=O)[C@H](CCCN=C(N)N)NC(=O)[C@H](CCCN=C(N)N)NC. The van der Waals surface area contributed by atoms with Crippen molar-refractivity contribution in [2.24, 2.45) is 82.3 Å². The van der Waals surface area contributed by atoms with E-state index in [2.05, 4.69) is 56.9 Å². The van der Waals surface area contributed by atoms with E-state index in [4.69, 9.17) is 57.3 Å². The summed E-state index contributed by atoms with van der Waals surface area (Å²) in [5, 5.41) is 16.2. The Kier molecular flexibility index (Phi) is 28.7. The molecule has 0 aromatic carbocycles. The van der Waals surface area contributed by atoms with E-state index in [0.717, 1.165) is 0 Å². The van der Waals surface area contributed by atoms with Crippen molar-refractivity contribution >= 4 is 65.1 Å². The zero-order valence-electron chi connectivity index (χ0n) is 35.9. The van der Waals surface area contributed by atoms with E-state index in [1.54, 1.807) is 14.0 Å². The quantitative estimate of drug-likeness (QED) is 0.0165. The molecule has 0 fully saturated rings. The Bertz CT molecular complexity index is 1570. The molecule has 0 rings (SSSR count). The summed E-state index contributed by atoms with van der Waals surface area (Å²) < 4.78 is 0. The Morgan fingerprint density at radius 3 is 0.887 bits per heavy atom. The second-order valence-electron chi connectivity index (χ2n) is 13.9. The first-order valence-corrected chi connectivity index (χ1v) is 20.3. The number of amides is 5. The molecule has 27 nitrogen and oxygen atoms in total. The lowest BCUT2D eigenvalue weighted by Crippen LogP contribution is -2.59. The van der Waals surface area contributed by atoms with Crippen LogP contribution in [0.4, 0.5) is 0 Å². The Balaban J connectivity index is 6.65. The number of hydrogen-bond acceptors (Lipinski definition) is 12. The lowest BCUT2D eigenvalue weighted by molar-refractivity contribution is -0.135. The third kappa shape index (κ3) is 27.2. The van der Waals surface area contributed by atoms with Crippen LogP contribution in [0.1, 0.15) is 77.6 Å². The van der Waals surface area contributed by atoms with Gasteiger partial charge in [0.1, 0.15) is 24.2 Å². The number of carbonyl (C=O) groups is 6. The molecule has 0 aromatic heterocycles. The van der Waals surface area contributed by atoms with Gasteiger partial charge in [-0.3, -0.25) is 53.7 Å². The fourth-order valence-corrected chi connectivity index (χ4v) is 5.52. The van der Waals surface area contributed by atoms with Crippen LogP contribution < -0.4 is 89.2 Å². The zero-order valence-corrected chi connectivity index (χ0v) is 35.9. The van der Waals surface area contributed by atoms with Gasteiger partial charge in [0.2, 0.25) is 29.5 Å². The van der Waals surface area contributed by atoms with Crippen molar-refractivity contribution in [1.82, 2.24) is 31.9 Å². The fourth-order valence-electron chi connectivity index (χ4n) is 5.52. The number of ketones is 1. The minimum Gasteiger partial charge on any atom is -0.370 e. The molecule has 0 saturated heterocycles. The highest BCUT2D eigenvalue weighted by Crippen LogP contribution is 2.09. The molecule has 352 valence electrons. The molecule has 0 bridgehead atoms. The average Bonchev–Trinajstić information content (AvgIpc) is 3.20. The van der Waals surface area contributed by atoms with E-state index in [1.165, 1.54) is 0 Å². The molecule has 0 aliphatic carbocycles. The molecule has 0 radical (unpaired) electrons. The summed E-state index contributed by atoms with van der Waals surface area (Å²) in [7, 11) is 1.58. The summed E-state index contributed by atoms with van der Waals surface area (Å²) in [5.74, 6) is -4.47. The highest BCUT2D eigenvalue weighted by atomic mass is 16.2. The van der Waals surface area contributed by atoms with Crippen LogP contribution in [0.15, 0.2) is 25.0 Å². The number of likely N-dealkylation sites (N-methyl/N-ethyl adjacent to an activating group) is 1. The first-order valence-electron chi connectivity index (χ1n) is 20.3. The van der Waals surface area contributed by atoms with Crippen LogP contribution in [0.5, 0.6) is 0 Å². The second kappa shape index (κ2) is 32.1. The van der Waals surface area contributed by atoms with Gasteiger partial charge in [0.25, 0.3) is 0 Å². The van der Waals surface area contributed by atoms with Crippen molar-refractivity contribution in [3.63, 3.8) is 0 Å². The molecule has 0 unspecified atom stereocenters. The van der Waals surface area contributed by atoms with Crippen LogP contribution in [-0.2, 0) is 28.8 Å². The van der Waals surface area contributed by atoms with Gasteiger partial charge >= 0.3 is 0 Å². The Morgan fingerprint density at radius 1 is 0.403 bits per heavy atom. The minimum atomic E-state index is -1.29.